The molecule has 0 spiro atoms. The Bertz CT molecular complexity index is 584. The van der Waals surface area contributed by atoms with Crippen molar-refractivity contribution in [2.75, 3.05) is 18.6 Å². The Labute approximate surface area is 136 Å². The first-order chi connectivity index (χ1) is 11.1. The molecule has 1 aromatic rings. The number of aromatic nitrogens is 1. The van der Waals surface area contributed by atoms with E-state index >= 15 is 0 Å². The van der Waals surface area contributed by atoms with Crippen LogP contribution in [0, 0.1) is 0 Å². The molecule has 2 aliphatic rings. The number of carbonyl (C=O) groups excluding carboxylic acids is 2. The Hall–Kier alpha value is -2.11. The molecule has 0 unspecified atom stereocenters. The van der Waals surface area contributed by atoms with Crippen LogP contribution in [0.4, 0.5) is 5.82 Å². The highest BCUT2D eigenvalue weighted by Gasteiger charge is 2.23. The first kappa shape index (κ1) is 15.8. The molecule has 124 valence electrons. The van der Waals surface area contributed by atoms with Gasteiger partial charge in [-0.05, 0) is 31.4 Å². The SMILES string of the molecule is CN(c1cc(C(=O)OC[C@H]2CCC(=O)N2)ccn1)C1CCCC1. The smallest absolute Gasteiger partial charge is 0.338 e. The number of hydrogen-bond acceptors (Lipinski definition) is 5. The van der Waals surface area contributed by atoms with Crippen LogP contribution in [0.1, 0.15) is 48.9 Å². The molecule has 1 aliphatic heterocycles. The van der Waals surface area contributed by atoms with Crippen LogP contribution in [0.15, 0.2) is 18.3 Å². The van der Waals surface area contributed by atoms with Gasteiger partial charge in [0.1, 0.15) is 12.4 Å². The number of anilines is 1. The van der Waals surface area contributed by atoms with E-state index in [1.54, 1.807) is 18.3 Å². The summed E-state index contributed by atoms with van der Waals surface area (Å²) in [5, 5.41) is 2.79. The van der Waals surface area contributed by atoms with Crippen molar-refractivity contribution in [3.63, 3.8) is 0 Å². The van der Waals surface area contributed by atoms with E-state index in [1.807, 2.05) is 7.05 Å². The Kier molecular flexibility index (Phi) is 4.79. The van der Waals surface area contributed by atoms with Crippen LogP contribution in [0.3, 0.4) is 0 Å². The van der Waals surface area contributed by atoms with E-state index in [0.717, 1.165) is 12.2 Å². The van der Waals surface area contributed by atoms with Crippen molar-refractivity contribution in [2.24, 2.45) is 0 Å². The molecule has 1 amide bonds. The van der Waals surface area contributed by atoms with E-state index in [9.17, 15) is 9.59 Å². The van der Waals surface area contributed by atoms with Gasteiger partial charge in [0.25, 0.3) is 0 Å². The molecule has 1 aliphatic carbocycles. The Morgan fingerprint density at radius 1 is 1.39 bits per heavy atom. The van der Waals surface area contributed by atoms with Crippen molar-refractivity contribution in [3.05, 3.63) is 23.9 Å². The molecule has 0 radical (unpaired) electrons. The molecule has 6 nitrogen and oxygen atoms in total. The maximum absolute atomic E-state index is 12.2. The first-order valence-electron chi connectivity index (χ1n) is 8.29. The lowest BCUT2D eigenvalue weighted by atomic mass is 10.2. The summed E-state index contributed by atoms with van der Waals surface area (Å²) in [4.78, 5) is 29.9. The number of pyridine rings is 1. The molecule has 1 aromatic heterocycles. The van der Waals surface area contributed by atoms with Gasteiger partial charge >= 0.3 is 5.97 Å². The van der Waals surface area contributed by atoms with Crippen molar-refractivity contribution in [3.8, 4) is 0 Å². The van der Waals surface area contributed by atoms with E-state index in [-0.39, 0.29) is 24.5 Å². The van der Waals surface area contributed by atoms with Gasteiger partial charge in [-0.25, -0.2) is 9.78 Å². The van der Waals surface area contributed by atoms with E-state index in [2.05, 4.69) is 15.2 Å². The summed E-state index contributed by atoms with van der Waals surface area (Å²) in [5.74, 6) is 0.463. The second-order valence-electron chi connectivity index (χ2n) is 6.35. The van der Waals surface area contributed by atoms with Gasteiger partial charge in [0.2, 0.25) is 5.91 Å². The van der Waals surface area contributed by atoms with Gasteiger partial charge in [0, 0.05) is 25.7 Å². The largest absolute Gasteiger partial charge is 0.460 e. The van der Waals surface area contributed by atoms with Gasteiger partial charge in [0.15, 0.2) is 0 Å². The zero-order valence-corrected chi connectivity index (χ0v) is 13.5. The highest BCUT2D eigenvalue weighted by molar-refractivity contribution is 5.90. The molecule has 1 N–H and O–H groups in total. The summed E-state index contributed by atoms with van der Waals surface area (Å²) in [6, 6.07) is 3.89. The maximum atomic E-state index is 12.2. The minimum Gasteiger partial charge on any atom is -0.460 e. The van der Waals surface area contributed by atoms with Crippen molar-refractivity contribution in [1.82, 2.24) is 10.3 Å². The number of rotatable bonds is 5. The lowest BCUT2D eigenvalue weighted by Gasteiger charge is -2.25. The molecule has 23 heavy (non-hydrogen) atoms. The average molecular weight is 317 g/mol. The van der Waals surface area contributed by atoms with E-state index < -0.39 is 0 Å². The zero-order chi connectivity index (χ0) is 16.2. The molecule has 1 saturated heterocycles. The summed E-state index contributed by atoms with van der Waals surface area (Å²) in [6.07, 6.45) is 7.73. The fourth-order valence-electron chi connectivity index (χ4n) is 3.28. The second-order valence-corrected chi connectivity index (χ2v) is 6.35. The number of esters is 1. The third-order valence-electron chi connectivity index (χ3n) is 4.72. The Balaban J connectivity index is 1.59. The lowest BCUT2D eigenvalue weighted by Crippen LogP contribution is -2.31. The van der Waals surface area contributed by atoms with Crippen LogP contribution in [0.2, 0.25) is 0 Å². The predicted molar refractivity (Wildman–Crippen MR) is 86.3 cm³/mol. The highest BCUT2D eigenvalue weighted by Crippen LogP contribution is 2.26. The molecule has 2 fully saturated rings. The molecule has 0 aromatic carbocycles. The van der Waals surface area contributed by atoms with Crippen LogP contribution in [-0.2, 0) is 9.53 Å². The average Bonchev–Trinajstić information content (AvgIpc) is 3.23. The van der Waals surface area contributed by atoms with Crippen molar-refractivity contribution < 1.29 is 14.3 Å². The summed E-state index contributed by atoms with van der Waals surface area (Å²) >= 11 is 0. The van der Waals surface area contributed by atoms with Gasteiger partial charge in [0.05, 0.1) is 11.6 Å². The van der Waals surface area contributed by atoms with Crippen molar-refractivity contribution >= 4 is 17.7 Å². The van der Waals surface area contributed by atoms with E-state index in [0.29, 0.717) is 18.0 Å². The minimum atomic E-state index is -0.366. The van der Waals surface area contributed by atoms with Crippen LogP contribution in [0.5, 0.6) is 0 Å². The number of nitrogens with one attached hydrogen (secondary N) is 1. The van der Waals surface area contributed by atoms with Crippen molar-refractivity contribution in [1.29, 1.82) is 0 Å². The number of ether oxygens (including phenoxy) is 1. The molecule has 6 heteroatoms. The standard InChI is InChI=1S/C17H23N3O3/c1-20(14-4-2-3-5-14)15-10-12(8-9-18-15)17(22)23-11-13-6-7-16(21)19-13/h8-10,13-14H,2-7,11H2,1H3,(H,19,21)/t13-/m1/s1. The van der Waals surface area contributed by atoms with Crippen molar-refractivity contribution in [2.45, 2.75) is 50.6 Å². The summed E-state index contributed by atoms with van der Waals surface area (Å²) in [6.45, 7) is 0.223. The molecular formula is C17H23N3O3. The predicted octanol–water partition coefficient (Wildman–Crippen LogP) is 1.90. The summed E-state index contributed by atoms with van der Waals surface area (Å²) < 4.78 is 5.32. The molecule has 0 bridgehead atoms. The number of nitrogens with zero attached hydrogens (tertiary/aromatic N) is 2. The molecule has 2 heterocycles. The molecule has 3 rings (SSSR count). The topological polar surface area (TPSA) is 71.5 Å². The van der Waals surface area contributed by atoms with Crippen LogP contribution >= 0.6 is 0 Å². The number of hydrogen-bond donors (Lipinski definition) is 1. The van der Waals surface area contributed by atoms with E-state index in [1.165, 1.54) is 25.7 Å². The normalized spacial score (nSPS) is 21.3. The number of amides is 1. The quantitative estimate of drug-likeness (QED) is 0.840. The lowest BCUT2D eigenvalue weighted by molar-refractivity contribution is -0.119. The van der Waals surface area contributed by atoms with Gasteiger partial charge in [-0.2, -0.15) is 0 Å². The first-order valence-corrected chi connectivity index (χ1v) is 8.29. The maximum Gasteiger partial charge on any atom is 0.338 e. The fourth-order valence-corrected chi connectivity index (χ4v) is 3.28. The van der Waals surface area contributed by atoms with Gasteiger partial charge in [-0.3, -0.25) is 4.79 Å². The van der Waals surface area contributed by atoms with Gasteiger partial charge < -0.3 is 15.0 Å². The van der Waals surface area contributed by atoms with Crippen LogP contribution in [0.25, 0.3) is 0 Å². The minimum absolute atomic E-state index is 0.0236. The third-order valence-corrected chi connectivity index (χ3v) is 4.72. The molecule has 1 saturated carbocycles. The van der Waals surface area contributed by atoms with Gasteiger partial charge in [-0.1, -0.05) is 12.8 Å². The number of carbonyl (C=O) groups is 2. The Morgan fingerprint density at radius 3 is 2.87 bits per heavy atom. The zero-order valence-electron chi connectivity index (χ0n) is 13.5. The molecule has 1 atom stereocenters. The van der Waals surface area contributed by atoms with E-state index in [4.69, 9.17) is 4.74 Å². The third kappa shape index (κ3) is 3.81. The second kappa shape index (κ2) is 6.98. The fraction of sp³-hybridized carbons (Fsp3) is 0.588. The van der Waals surface area contributed by atoms with Crippen LogP contribution in [-0.4, -0.2) is 42.6 Å². The summed E-state index contributed by atoms with van der Waals surface area (Å²) in [7, 11) is 2.03. The Morgan fingerprint density at radius 2 is 2.17 bits per heavy atom. The summed E-state index contributed by atoms with van der Waals surface area (Å²) in [5.41, 5.74) is 0.504. The van der Waals surface area contributed by atoms with Crippen LogP contribution < -0.4 is 10.2 Å². The van der Waals surface area contributed by atoms with Gasteiger partial charge in [-0.15, -0.1) is 0 Å². The monoisotopic (exact) mass is 317 g/mol. The molecular weight excluding hydrogens is 294 g/mol. The highest BCUT2D eigenvalue weighted by atomic mass is 16.5.